The molecular weight excluding hydrogens is 390 g/mol. The number of allylic oxidation sites excluding steroid dienone is 1. The number of nitriles is 1. The van der Waals surface area contributed by atoms with Gasteiger partial charge in [0.25, 0.3) is 0 Å². The second kappa shape index (κ2) is 6.67. The van der Waals surface area contributed by atoms with Gasteiger partial charge in [-0.1, -0.05) is 25.5 Å². The second-order valence-electron chi connectivity index (χ2n) is 12.2. The molecule has 0 bridgehead atoms. The van der Waals surface area contributed by atoms with E-state index in [0.29, 0.717) is 11.8 Å². The van der Waals surface area contributed by atoms with Gasteiger partial charge in [0.2, 0.25) is 0 Å². The van der Waals surface area contributed by atoms with Crippen molar-refractivity contribution in [2.24, 2.45) is 28.6 Å². The number of hydrogen-bond acceptors (Lipinski definition) is 4. The Labute approximate surface area is 183 Å². The number of fused-ring (bicyclic) bond motifs is 5. The molecule has 4 fully saturated rings. The lowest BCUT2D eigenvalue weighted by Crippen LogP contribution is -2.57. The van der Waals surface area contributed by atoms with Crippen LogP contribution in [-0.4, -0.2) is 32.9 Å². The van der Waals surface area contributed by atoms with E-state index in [0.717, 1.165) is 64.1 Å². The molecule has 4 aliphatic carbocycles. The van der Waals surface area contributed by atoms with Crippen LogP contribution >= 0.6 is 0 Å². The number of nitrogens with zero attached hydrogens (tertiary/aromatic N) is 1. The lowest BCUT2D eigenvalue weighted by atomic mass is 9.47. The van der Waals surface area contributed by atoms with Crippen molar-refractivity contribution >= 4 is 8.32 Å². The third-order valence-electron chi connectivity index (χ3n) is 9.70. The Bertz CT molecular complexity index is 791. The minimum absolute atomic E-state index is 0.0154. The third kappa shape index (κ3) is 2.86. The van der Waals surface area contributed by atoms with Crippen molar-refractivity contribution in [1.82, 2.24) is 0 Å². The Hall–Kier alpha value is -0.673. The summed E-state index contributed by atoms with van der Waals surface area (Å²) in [4.78, 5) is 0. The zero-order chi connectivity index (χ0) is 21.4. The predicted molar refractivity (Wildman–Crippen MR) is 119 cm³/mol. The molecule has 0 radical (unpaired) electrons. The lowest BCUT2D eigenvalue weighted by Gasteiger charge is -2.59. The summed E-state index contributed by atoms with van der Waals surface area (Å²) < 4.78 is 18.9. The van der Waals surface area contributed by atoms with Crippen LogP contribution in [0.25, 0.3) is 0 Å². The normalized spacial score (nSPS) is 47.2. The van der Waals surface area contributed by atoms with Gasteiger partial charge in [-0.25, -0.2) is 0 Å². The Morgan fingerprint density at radius 3 is 2.40 bits per heavy atom. The van der Waals surface area contributed by atoms with E-state index >= 15 is 0 Å². The Balaban J connectivity index is 1.45. The van der Waals surface area contributed by atoms with E-state index < -0.39 is 13.9 Å². The van der Waals surface area contributed by atoms with Gasteiger partial charge in [0, 0.05) is 18.3 Å². The van der Waals surface area contributed by atoms with Gasteiger partial charge in [-0.2, -0.15) is 5.26 Å². The fraction of sp³-hybridized carbons (Fsp3) is 0.880. The van der Waals surface area contributed by atoms with Gasteiger partial charge >= 0.3 is 0 Å². The fourth-order valence-corrected chi connectivity index (χ4v) is 9.67. The van der Waals surface area contributed by atoms with Crippen LogP contribution in [0.4, 0.5) is 0 Å². The minimum atomic E-state index is -1.81. The summed E-state index contributed by atoms with van der Waals surface area (Å²) in [5, 5.41) is 10.3. The second-order valence-corrected chi connectivity index (χ2v) is 16.6. The quantitative estimate of drug-likeness (QED) is 0.411. The Morgan fingerprint density at radius 2 is 1.73 bits per heavy atom. The van der Waals surface area contributed by atoms with Crippen molar-refractivity contribution in [1.29, 1.82) is 5.26 Å². The van der Waals surface area contributed by atoms with Crippen molar-refractivity contribution in [2.45, 2.75) is 96.2 Å². The summed E-state index contributed by atoms with van der Waals surface area (Å²) in [6.07, 6.45) is 11.2. The summed E-state index contributed by atoms with van der Waals surface area (Å²) in [7, 11) is -1.81. The van der Waals surface area contributed by atoms with Gasteiger partial charge < -0.3 is 13.9 Å². The van der Waals surface area contributed by atoms with Gasteiger partial charge in [0.05, 0.1) is 19.3 Å². The summed E-state index contributed by atoms with van der Waals surface area (Å²) >= 11 is 0. The molecule has 0 aromatic rings. The van der Waals surface area contributed by atoms with E-state index in [1.807, 2.05) is 0 Å². The average molecular weight is 430 g/mol. The zero-order valence-electron chi connectivity index (χ0n) is 19.6. The van der Waals surface area contributed by atoms with E-state index in [2.05, 4.69) is 45.6 Å². The van der Waals surface area contributed by atoms with Crippen LogP contribution in [-0.2, 0) is 13.9 Å². The first-order chi connectivity index (χ1) is 14.1. The van der Waals surface area contributed by atoms with Crippen LogP contribution in [0.1, 0.15) is 65.2 Å². The molecule has 1 spiro atoms. The highest BCUT2D eigenvalue weighted by Crippen LogP contribution is 2.68. The average Bonchev–Trinajstić information content (AvgIpc) is 3.24. The Morgan fingerprint density at radius 1 is 1.03 bits per heavy atom. The predicted octanol–water partition coefficient (Wildman–Crippen LogP) is 5.81. The van der Waals surface area contributed by atoms with Gasteiger partial charge in [-0.3, -0.25) is 0 Å². The molecule has 1 heterocycles. The molecule has 0 unspecified atom stereocenters. The van der Waals surface area contributed by atoms with Crippen molar-refractivity contribution in [3.8, 4) is 6.07 Å². The van der Waals surface area contributed by atoms with Crippen molar-refractivity contribution in [3.05, 3.63) is 11.6 Å². The van der Waals surface area contributed by atoms with Gasteiger partial charge in [-0.15, -0.1) is 0 Å². The van der Waals surface area contributed by atoms with Gasteiger partial charge in [0.15, 0.2) is 14.1 Å². The number of rotatable bonds is 2. The molecule has 5 heteroatoms. The standard InChI is InChI=1S/C25H39NO3Si/c1-22-12-13-25(27-14-15-28-25)16-18(22)6-7-19-20(22)8-10-23(2)21(19)9-11-24(23,17-26)29-30(3,4)5/h6,19-21H,7-16H2,1-5H3/t19-,20-,21-,22+,23+,24+/m1/s1. The molecule has 0 N–H and O–H groups in total. The van der Waals surface area contributed by atoms with Crippen molar-refractivity contribution in [3.63, 3.8) is 0 Å². The molecule has 166 valence electrons. The molecule has 30 heavy (non-hydrogen) atoms. The summed E-state index contributed by atoms with van der Waals surface area (Å²) in [5.74, 6) is 1.65. The first kappa shape index (κ1) is 21.2. The van der Waals surface area contributed by atoms with Crippen LogP contribution in [0.3, 0.4) is 0 Å². The van der Waals surface area contributed by atoms with Crippen LogP contribution in [0.2, 0.25) is 19.6 Å². The SMILES string of the molecule is C[C@]12CCC3(CC1=CC[C@@H]1[C@H]2CC[C@@]2(C)[C@@H]1CC[C@@]2(C#N)O[Si](C)(C)C)OCCO3. The first-order valence-corrected chi connectivity index (χ1v) is 15.6. The maximum Gasteiger partial charge on any atom is 0.185 e. The molecule has 0 aromatic heterocycles. The van der Waals surface area contributed by atoms with Crippen LogP contribution in [0.5, 0.6) is 0 Å². The summed E-state index contributed by atoms with van der Waals surface area (Å²) in [6, 6.07) is 2.73. The summed E-state index contributed by atoms with van der Waals surface area (Å²) in [5.41, 5.74) is 1.25. The lowest BCUT2D eigenvalue weighted by molar-refractivity contribution is -0.186. The highest BCUT2D eigenvalue weighted by Gasteiger charge is 2.66. The summed E-state index contributed by atoms with van der Waals surface area (Å²) in [6.45, 7) is 13.1. The van der Waals surface area contributed by atoms with E-state index in [4.69, 9.17) is 13.9 Å². The highest BCUT2D eigenvalue weighted by atomic mass is 28.4. The van der Waals surface area contributed by atoms with Crippen LogP contribution in [0.15, 0.2) is 11.6 Å². The van der Waals surface area contributed by atoms with Crippen LogP contribution in [0, 0.1) is 39.9 Å². The maximum atomic E-state index is 10.3. The van der Waals surface area contributed by atoms with E-state index in [1.165, 1.54) is 6.42 Å². The molecule has 1 aliphatic heterocycles. The van der Waals surface area contributed by atoms with Gasteiger partial charge in [-0.05, 0) is 81.3 Å². The van der Waals surface area contributed by atoms with E-state index in [-0.39, 0.29) is 16.6 Å². The Kier molecular flexibility index (Phi) is 4.71. The van der Waals surface area contributed by atoms with Crippen LogP contribution < -0.4 is 0 Å². The molecule has 4 nitrogen and oxygen atoms in total. The zero-order valence-corrected chi connectivity index (χ0v) is 20.6. The van der Waals surface area contributed by atoms with E-state index in [1.54, 1.807) is 5.57 Å². The number of ether oxygens (including phenoxy) is 2. The largest absolute Gasteiger partial charge is 0.399 e. The molecule has 3 saturated carbocycles. The smallest absolute Gasteiger partial charge is 0.185 e. The highest BCUT2D eigenvalue weighted by molar-refractivity contribution is 6.69. The van der Waals surface area contributed by atoms with Crippen molar-refractivity contribution < 1.29 is 13.9 Å². The molecule has 6 atom stereocenters. The molecule has 0 amide bonds. The first-order valence-electron chi connectivity index (χ1n) is 12.2. The molecule has 0 aromatic carbocycles. The monoisotopic (exact) mass is 429 g/mol. The minimum Gasteiger partial charge on any atom is -0.399 e. The van der Waals surface area contributed by atoms with Crippen molar-refractivity contribution in [2.75, 3.05) is 13.2 Å². The van der Waals surface area contributed by atoms with Gasteiger partial charge in [0.1, 0.15) is 5.60 Å². The molecular formula is C25H39NO3Si. The molecule has 5 aliphatic rings. The number of hydrogen-bond donors (Lipinski definition) is 0. The van der Waals surface area contributed by atoms with E-state index in [9.17, 15) is 5.26 Å². The third-order valence-corrected chi connectivity index (χ3v) is 10.7. The fourth-order valence-electron chi connectivity index (χ4n) is 8.24. The maximum absolute atomic E-state index is 10.3. The topological polar surface area (TPSA) is 51.5 Å². The molecule has 1 saturated heterocycles. The molecule has 5 rings (SSSR count).